The molecule has 1 N–H and O–H groups in total. The van der Waals surface area contributed by atoms with Crippen molar-refractivity contribution in [3.05, 3.63) is 64.7 Å². The minimum atomic E-state index is -1.10. The molecule has 0 saturated carbocycles. The topological polar surface area (TPSA) is 76.1 Å². The number of allylic oxidation sites excluding steroid dienone is 1. The van der Waals surface area contributed by atoms with Crippen molar-refractivity contribution in [2.24, 2.45) is 0 Å². The second-order valence-corrected chi connectivity index (χ2v) is 6.97. The van der Waals surface area contributed by atoms with Crippen molar-refractivity contribution in [1.82, 2.24) is 4.90 Å². The number of carbonyl (C=O) groups is 2. The molecule has 0 aliphatic heterocycles. The van der Waals surface area contributed by atoms with Gasteiger partial charge in [-0.3, -0.25) is 4.79 Å². The van der Waals surface area contributed by atoms with Crippen LogP contribution in [0.1, 0.15) is 31.9 Å². The maximum absolute atomic E-state index is 12.4. The zero-order valence-corrected chi connectivity index (χ0v) is 18.1. The molecule has 0 saturated heterocycles. The Morgan fingerprint density at radius 1 is 1.07 bits per heavy atom. The van der Waals surface area contributed by atoms with E-state index in [1.165, 1.54) is 0 Å². The number of carboxylic acid groups (broad SMARTS) is 1. The van der Waals surface area contributed by atoms with Crippen molar-refractivity contribution in [3.8, 4) is 11.5 Å². The minimum absolute atomic E-state index is 0.0791. The van der Waals surface area contributed by atoms with Crippen molar-refractivity contribution in [3.63, 3.8) is 0 Å². The Balaban J connectivity index is 2.27. The summed E-state index contributed by atoms with van der Waals surface area (Å²) in [6, 6.07) is 12.5. The van der Waals surface area contributed by atoms with Crippen LogP contribution in [-0.4, -0.2) is 41.6 Å². The van der Waals surface area contributed by atoms with Gasteiger partial charge < -0.3 is 19.5 Å². The summed E-state index contributed by atoms with van der Waals surface area (Å²) in [5, 5.41) is 9.56. The lowest BCUT2D eigenvalue weighted by Gasteiger charge is -2.17. The number of carbonyl (C=O) groups excluding carboxylic acids is 1. The second-order valence-electron chi connectivity index (χ2n) is 6.56. The monoisotopic (exact) mass is 431 g/mol. The Morgan fingerprint density at radius 3 is 2.40 bits per heavy atom. The summed E-state index contributed by atoms with van der Waals surface area (Å²) >= 11 is 6.17. The zero-order chi connectivity index (χ0) is 22.1. The van der Waals surface area contributed by atoms with Gasteiger partial charge in [0.2, 0.25) is 5.91 Å². The largest absolute Gasteiger partial charge is 0.485 e. The molecule has 30 heavy (non-hydrogen) atoms. The van der Waals surface area contributed by atoms with Gasteiger partial charge in [-0.15, -0.1) is 0 Å². The van der Waals surface area contributed by atoms with E-state index < -0.39 is 12.6 Å². The zero-order valence-electron chi connectivity index (χ0n) is 17.4. The van der Waals surface area contributed by atoms with Crippen LogP contribution in [-0.2, 0) is 16.2 Å². The van der Waals surface area contributed by atoms with Crippen LogP contribution < -0.4 is 9.47 Å². The van der Waals surface area contributed by atoms with E-state index in [0.29, 0.717) is 23.9 Å². The number of halogens is 1. The van der Waals surface area contributed by atoms with E-state index in [1.54, 1.807) is 35.2 Å². The molecule has 0 aliphatic carbocycles. The lowest BCUT2D eigenvalue weighted by Crippen LogP contribution is -2.28. The highest BCUT2D eigenvalue weighted by atomic mass is 35.5. The summed E-state index contributed by atoms with van der Waals surface area (Å²) < 4.78 is 11.3. The Labute approximate surface area is 181 Å². The molecule has 0 unspecified atom stereocenters. The number of benzene rings is 2. The molecular weight excluding hydrogens is 406 g/mol. The summed E-state index contributed by atoms with van der Waals surface area (Å²) in [7, 11) is 0. The number of hydrogen-bond donors (Lipinski definition) is 1. The fourth-order valence-electron chi connectivity index (χ4n) is 2.79. The summed E-state index contributed by atoms with van der Waals surface area (Å²) in [6.45, 7) is 6.62. The molecule has 2 aromatic rings. The Hall–Kier alpha value is -2.99. The third-order valence-electron chi connectivity index (χ3n) is 4.51. The molecule has 0 bridgehead atoms. The van der Waals surface area contributed by atoms with Crippen molar-refractivity contribution < 1.29 is 24.2 Å². The van der Waals surface area contributed by atoms with Gasteiger partial charge in [-0.1, -0.05) is 35.9 Å². The summed E-state index contributed by atoms with van der Waals surface area (Å²) in [6.07, 6.45) is 1.56. The Morgan fingerprint density at radius 2 is 1.77 bits per heavy atom. The fourth-order valence-corrected chi connectivity index (χ4v) is 2.98. The number of hydrogen-bond acceptors (Lipinski definition) is 4. The number of rotatable bonds is 10. The number of nitrogens with zero attached hydrogens (tertiary/aromatic N) is 1. The first-order chi connectivity index (χ1) is 14.3. The lowest BCUT2D eigenvalue weighted by atomic mass is 10.1. The van der Waals surface area contributed by atoms with Gasteiger partial charge in [0.1, 0.15) is 6.61 Å². The molecule has 160 valence electrons. The molecule has 6 nitrogen and oxygen atoms in total. The van der Waals surface area contributed by atoms with Crippen molar-refractivity contribution in [2.45, 2.75) is 27.4 Å². The van der Waals surface area contributed by atoms with Crippen LogP contribution in [0.4, 0.5) is 0 Å². The normalized spacial score (nSPS) is 11.1. The average molecular weight is 432 g/mol. The SMILES string of the molecule is CCN(CC)C(=O)/C=C(\C)c1ccc(OCc2ccccc2Cl)c(OCC(=O)O)c1. The van der Waals surface area contributed by atoms with E-state index in [1.807, 2.05) is 39.0 Å². The summed E-state index contributed by atoms with van der Waals surface area (Å²) in [5.41, 5.74) is 2.28. The van der Waals surface area contributed by atoms with Gasteiger partial charge in [-0.2, -0.15) is 0 Å². The summed E-state index contributed by atoms with van der Waals surface area (Å²) in [5.74, 6) is -0.501. The Bertz CT molecular complexity index is 922. The van der Waals surface area contributed by atoms with Crippen molar-refractivity contribution in [1.29, 1.82) is 0 Å². The fraction of sp³-hybridized carbons (Fsp3) is 0.304. The molecule has 0 atom stereocenters. The lowest BCUT2D eigenvalue weighted by molar-refractivity contribution is -0.139. The summed E-state index contributed by atoms with van der Waals surface area (Å²) in [4.78, 5) is 25.0. The van der Waals surface area contributed by atoms with Gasteiger partial charge in [0.05, 0.1) is 0 Å². The molecule has 0 aromatic heterocycles. The van der Waals surface area contributed by atoms with E-state index in [9.17, 15) is 9.59 Å². The average Bonchev–Trinajstić information content (AvgIpc) is 2.72. The van der Waals surface area contributed by atoms with E-state index >= 15 is 0 Å². The third-order valence-corrected chi connectivity index (χ3v) is 4.88. The highest BCUT2D eigenvalue weighted by molar-refractivity contribution is 6.31. The van der Waals surface area contributed by atoms with Crippen LogP contribution in [0.2, 0.25) is 5.02 Å². The van der Waals surface area contributed by atoms with Crippen molar-refractivity contribution in [2.75, 3.05) is 19.7 Å². The Kier molecular flexibility index (Phi) is 8.74. The molecular formula is C23H26ClNO5. The first-order valence-electron chi connectivity index (χ1n) is 9.68. The maximum atomic E-state index is 12.4. The van der Waals surface area contributed by atoms with Gasteiger partial charge >= 0.3 is 5.97 Å². The van der Waals surface area contributed by atoms with Crippen LogP contribution in [0, 0.1) is 0 Å². The quantitative estimate of drug-likeness (QED) is 0.554. The van der Waals surface area contributed by atoms with E-state index in [0.717, 1.165) is 16.7 Å². The van der Waals surface area contributed by atoms with Crippen LogP contribution >= 0.6 is 11.6 Å². The number of ether oxygens (including phenoxy) is 2. The van der Waals surface area contributed by atoms with Gasteiger partial charge in [0.15, 0.2) is 18.1 Å². The number of amides is 1. The van der Waals surface area contributed by atoms with Crippen molar-refractivity contribution >= 4 is 29.1 Å². The van der Waals surface area contributed by atoms with Gasteiger partial charge in [-0.25, -0.2) is 4.79 Å². The van der Waals surface area contributed by atoms with Gasteiger partial charge in [-0.05, 0) is 50.1 Å². The van der Waals surface area contributed by atoms with Crippen LogP contribution in [0.5, 0.6) is 11.5 Å². The molecule has 2 rings (SSSR count). The third kappa shape index (κ3) is 6.52. The van der Waals surface area contributed by atoms with Crippen LogP contribution in [0.15, 0.2) is 48.5 Å². The van der Waals surface area contributed by atoms with E-state index in [-0.39, 0.29) is 18.3 Å². The minimum Gasteiger partial charge on any atom is -0.485 e. The molecule has 0 spiro atoms. The number of likely N-dealkylation sites (N-methyl/N-ethyl adjacent to an activating group) is 1. The second kappa shape index (κ2) is 11.3. The smallest absolute Gasteiger partial charge is 0.341 e. The van der Waals surface area contributed by atoms with Gasteiger partial charge in [0.25, 0.3) is 0 Å². The standard InChI is InChI=1S/C23H26ClNO5/c1-4-25(5-2)22(26)12-16(3)17-10-11-20(21(13-17)30-15-23(27)28)29-14-18-8-6-7-9-19(18)24/h6-13H,4-5,14-15H2,1-3H3,(H,27,28)/b16-12+. The maximum Gasteiger partial charge on any atom is 0.341 e. The van der Waals surface area contributed by atoms with E-state index in [2.05, 4.69) is 0 Å². The predicted molar refractivity (Wildman–Crippen MR) is 117 cm³/mol. The molecule has 0 heterocycles. The number of carboxylic acids is 1. The molecule has 0 fully saturated rings. The molecule has 1 amide bonds. The first kappa shape index (κ1) is 23.3. The predicted octanol–water partition coefficient (Wildman–Crippen LogP) is 4.65. The number of aliphatic carboxylic acids is 1. The highest BCUT2D eigenvalue weighted by Crippen LogP contribution is 2.32. The van der Waals surface area contributed by atoms with Crippen LogP contribution in [0.3, 0.4) is 0 Å². The van der Waals surface area contributed by atoms with Gasteiger partial charge in [0, 0.05) is 29.8 Å². The molecule has 0 radical (unpaired) electrons. The van der Waals surface area contributed by atoms with E-state index in [4.69, 9.17) is 26.2 Å². The molecule has 0 aliphatic rings. The molecule has 7 heteroatoms. The molecule has 2 aromatic carbocycles. The highest BCUT2D eigenvalue weighted by Gasteiger charge is 2.13. The van der Waals surface area contributed by atoms with Crippen LogP contribution in [0.25, 0.3) is 5.57 Å². The first-order valence-corrected chi connectivity index (χ1v) is 10.1.